The second-order valence-corrected chi connectivity index (χ2v) is 14.6. The average molecular weight is 709 g/mol. The van der Waals surface area contributed by atoms with Crippen LogP contribution in [0.2, 0.25) is 0 Å². The molecule has 1 saturated carbocycles. The second kappa shape index (κ2) is 13.0. The third kappa shape index (κ3) is 6.18. The van der Waals surface area contributed by atoms with Crippen molar-refractivity contribution >= 4 is 50.1 Å². The first kappa shape index (κ1) is 32.3. The molecule has 2 aliphatic heterocycles. The molecule has 3 atom stereocenters. The molecule has 48 heavy (non-hydrogen) atoms. The number of hydrogen-bond donors (Lipinski definition) is 0. The molecule has 10 nitrogen and oxygen atoms in total. The minimum atomic E-state index is -0.597. The molecule has 1 aromatic carbocycles. The number of rotatable bonds is 4. The van der Waals surface area contributed by atoms with E-state index in [1.807, 2.05) is 32.0 Å². The molecule has 1 amide bonds. The van der Waals surface area contributed by atoms with Gasteiger partial charge in [-0.25, -0.2) is 15.0 Å². The SMILES string of the molecule is [C-]#[N+]c1nn2c3c(cc(-c4cnc(C)nc4)cc13)CCCCCCC(=O)CC[C@@]13C[C@@H](C(=O)Cc4nc(Br)ccc4C)N(C(=O)C2)[C@@H]1C3. The molecular formula is C37H38BrN7O3. The van der Waals surface area contributed by atoms with Gasteiger partial charge in [0.25, 0.3) is 0 Å². The van der Waals surface area contributed by atoms with E-state index in [2.05, 4.69) is 46.9 Å². The third-order valence-corrected chi connectivity index (χ3v) is 11.0. The summed E-state index contributed by atoms with van der Waals surface area (Å²) >= 11 is 3.43. The molecule has 0 N–H and O–H groups in total. The highest BCUT2D eigenvalue weighted by molar-refractivity contribution is 9.10. The van der Waals surface area contributed by atoms with Gasteiger partial charge < -0.3 is 9.74 Å². The topological polar surface area (TPSA) is 115 Å². The van der Waals surface area contributed by atoms with Crippen molar-refractivity contribution in [3.63, 3.8) is 0 Å². The van der Waals surface area contributed by atoms with E-state index in [1.54, 1.807) is 22.0 Å². The lowest BCUT2D eigenvalue weighted by Gasteiger charge is -2.26. The van der Waals surface area contributed by atoms with Crippen LogP contribution < -0.4 is 0 Å². The van der Waals surface area contributed by atoms with Gasteiger partial charge >= 0.3 is 5.82 Å². The van der Waals surface area contributed by atoms with Crippen molar-refractivity contribution in [2.75, 3.05) is 0 Å². The molecule has 1 saturated heterocycles. The predicted octanol–water partition coefficient (Wildman–Crippen LogP) is 6.85. The highest BCUT2D eigenvalue weighted by Crippen LogP contribution is 2.62. The summed E-state index contributed by atoms with van der Waals surface area (Å²) in [5.74, 6) is 0.963. The third-order valence-electron chi connectivity index (χ3n) is 10.5. The van der Waals surface area contributed by atoms with Crippen LogP contribution in [0, 0.1) is 25.8 Å². The molecule has 7 rings (SSSR count). The van der Waals surface area contributed by atoms with Crippen molar-refractivity contribution in [1.82, 2.24) is 29.6 Å². The van der Waals surface area contributed by atoms with Crippen molar-refractivity contribution in [2.24, 2.45) is 5.41 Å². The Morgan fingerprint density at radius 1 is 1.02 bits per heavy atom. The minimum absolute atomic E-state index is 0.0397. The number of carbonyl (C=O) groups excluding carboxylic acids is 3. The van der Waals surface area contributed by atoms with E-state index in [0.29, 0.717) is 47.2 Å². The molecule has 3 aromatic heterocycles. The second-order valence-electron chi connectivity index (χ2n) is 13.7. The summed E-state index contributed by atoms with van der Waals surface area (Å²) in [5.41, 5.74) is 4.93. The summed E-state index contributed by atoms with van der Waals surface area (Å²) in [6.45, 7) is 11.7. The van der Waals surface area contributed by atoms with Gasteiger partial charge in [0.15, 0.2) is 5.78 Å². The number of pyridine rings is 1. The van der Waals surface area contributed by atoms with Crippen LogP contribution >= 0.6 is 15.9 Å². The Kier molecular flexibility index (Phi) is 8.71. The Balaban J connectivity index is 1.27. The first-order valence-corrected chi connectivity index (χ1v) is 17.6. The van der Waals surface area contributed by atoms with E-state index in [1.165, 1.54) is 0 Å². The molecule has 0 radical (unpaired) electrons. The molecular weight excluding hydrogens is 670 g/mol. The van der Waals surface area contributed by atoms with E-state index >= 15 is 0 Å². The minimum Gasteiger partial charge on any atom is -0.358 e. The molecule has 4 aromatic rings. The van der Waals surface area contributed by atoms with Gasteiger partial charge in [0.05, 0.1) is 23.7 Å². The zero-order valence-electron chi connectivity index (χ0n) is 27.3. The molecule has 2 fully saturated rings. The molecule has 5 heterocycles. The monoisotopic (exact) mass is 707 g/mol. The van der Waals surface area contributed by atoms with E-state index in [4.69, 9.17) is 6.57 Å². The van der Waals surface area contributed by atoms with Gasteiger partial charge in [-0.15, -0.1) is 0 Å². The number of ketones is 2. The molecule has 3 aliphatic rings. The van der Waals surface area contributed by atoms with Gasteiger partial charge in [-0.3, -0.25) is 14.4 Å². The van der Waals surface area contributed by atoms with Gasteiger partial charge in [0.1, 0.15) is 22.8 Å². The number of amides is 1. The zero-order chi connectivity index (χ0) is 33.6. The van der Waals surface area contributed by atoms with Crippen LogP contribution in [0.3, 0.4) is 0 Å². The fraction of sp³-hybridized carbons (Fsp3) is 0.459. The molecule has 0 unspecified atom stereocenters. The van der Waals surface area contributed by atoms with Crippen LogP contribution in [-0.4, -0.2) is 59.2 Å². The van der Waals surface area contributed by atoms with Gasteiger partial charge in [0, 0.05) is 42.2 Å². The summed E-state index contributed by atoms with van der Waals surface area (Å²) in [7, 11) is 0. The van der Waals surface area contributed by atoms with Crippen LogP contribution in [0.25, 0.3) is 26.9 Å². The van der Waals surface area contributed by atoms with Gasteiger partial charge in [-0.05, 0) is 108 Å². The Morgan fingerprint density at radius 2 is 1.79 bits per heavy atom. The maximum Gasteiger partial charge on any atom is 0.303 e. The zero-order valence-corrected chi connectivity index (χ0v) is 28.9. The number of Topliss-reactive ketones (excluding diaryl/α,β-unsaturated/α-hetero) is 2. The molecule has 1 aliphatic carbocycles. The Morgan fingerprint density at radius 3 is 2.56 bits per heavy atom. The molecule has 246 valence electrons. The molecule has 2 bridgehead atoms. The number of carbonyl (C=O) groups is 3. The standard InChI is InChI=1S/C37H38BrN7O3/c1-22-10-11-33(38)42-29(22)16-31(47)30-17-37-13-12-27(46)9-7-5-4-6-8-24-14-25(26-19-40-23(2)41-20-26)15-28-35(24)44(43-36(28)39-3)21-34(48)45(30)32(37)18-37/h10-11,14-15,19-20,30,32H,4-9,12-13,16-18,21H2,1-2H3/t30-,32+,37-/m0/s1. The number of nitrogens with zero attached hydrogens (tertiary/aromatic N) is 7. The highest BCUT2D eigenvalue weighted by atomic mass is 79.9. The van der Waals surface area contributed by atoms with Crippen molar-refractivity contribution < 1.29 is 14.4 Å². The smallest absolute Gasteiger partial charge is 0.303 e. The van der Waals surface area contributed by atoms with E-state index in [9.17, 15) is 14.4 Å². The lowest BCUT2D eigenvalue weighted by Crippen LogP contribution is -2.45. The summed E-state index contributed by atoms with van der Waals surface area (Å²) < 4.78 is 2.35. The van der Waals surface area contributed by atoms with Crippen LogP contribution in [0.5, 0.6) is 0 Å². The molecule has 0 spiro atoms. The molecule has 11 heteroatoms. The number of piperidine rings is 1. The van der Waals surface area contributed by atoms with Crippen LogP contribution in [-0.2, 0) is 33.8 Å². The fourth-order valence-corrected chi connectivity index (χ4v) is 8.18. The number of halogens is 1. The van der Waals surface area contributed by atoms with Crippen molar-refractivity contribution in [3.8, 4) is 11.1 Å². The van der Waals surface area contributed by atoms with Crippen molar-refractivity contribution in [3.05, 3.63) is 75.3 Å². The Hall–Kier alpha value is -4.30. The maximum atomic E-state index is 14.4. The van der Waals surface area contributed by atoms with E-state index < -0.39 is 6.04 Å². The largest absolute Gasteiger partial charge is 0.358 e. The number of aryl methyl sites for hydroxylation is 3. The van der Waals surface area contributed by atoms with Crippen LogP contribution in [0.4, 0.5) is 5.82 Å². The summed E-state index contributed by atoms with van der Waals surface area (Å²) in [6.07, 6.45) is 11.2. The lowest BCUT2D eigenvalue weighted by atomic mass is 9.90. The average Bonchev–Trinajstić information content (AvgIpc) is 3.50. The maximum absolute atomic E-state index is 14.4. The first-order chi connectivity index (χ1) is 23.2. The van der Waals surface area contributed by atoms with Crippen molar-refractivity contribution in [2.45, 2.75) is 103 Å². The highest BCUT2D eigenvalue weighted by Gasteiger charge is 2.66. The van der Waals surface area contributed by atoms with E-state index in [0.717, 1.165) is 66.3 Å². The fourth-order valence-electron chi connectivity index (χ4n) is 7.83. The summed E-state index contributed by atoms with van der Waals surface area (Å²) in [4.78, 5) is 60.2. The summed E-state index contributed by atoms with van der Waals surface area (Å²) in [5, 5.41) is 5.38. The number of hydrogen-bond acceptors (Lipinski definition) is 7. The summed E-state index contributed by atoms with van der Waals surface area (Å²) in [6, 6.07) is 7.15. The van der Waals surface area contributed by atoms with Crippen LogP contribution in [0.1, 0.15) is 80.4 Å². The quantitative estimate of drug-likeness (QED) is 0.168. The first-order valence-electron chi connectivity index (χ1n) is 16.8. The Bertz CT molecular complexity index is 1980. The Labute approximate surface area is 288 Å². The van der Waals surface area contributed by atoms with Crippen molar-refractivity contribution in [1.29, 1.82) is 0 Å². The number of aromatic nitrogens is 5. The van der Waals surface area contributed by atoms with Crippen LogP contribution in [0.15, 0.2) is 41.3 Å². The lowest BCUT2D eigenvalue weighted by molar-refractivity contribution is -0.139. The normalized spacial score (nSPS) is 23.1. The predicted molar refractivity (Wildman–Crippen MR) is 184 cm³/mol. The van der Waals surface area contributed by atoms with Gasteiger partial charge in [-0.1, -0.05) is 31.5 Å². The number of benzene rings is 1. The van der Waals surface area contributed by atoms with Gasteiger partial charge in [0.2, 0.25) is 5.91 Å². The van der Waals surface area contributed by atoms with Gasteiger partial charge in [-0.2, -0.15) is 4.68 Å². The van der Waals surface area contributed by atoms with E-state index in [-0.39, 0.29) is 47.7 Å².